The van der Waals surface area contributed by atoms with Crippen molar-refractivity contribution in [3.05, 3.63) is 29.3 Å². The molecule has 0 saturated heterocycles. The lowest BCUT2D eigenvalue weighted by atomic mass is 9.87. The van der Waals surface area contributed by atoms with Crippen LogP contribution >= 0.6 is 0 Å². The molecule has 0 fully saturated rings. The molecule has 2 rings (SSSR count). The molecule has 1 aliphatic heterocycles. The fourth-order valence-corrected chi connectivity index (χ4v) is 3.42. The van der Waals surface area contributed by atoms with E-state index in [9.17, 15) is 4.79 Å². The molecule has 0 aliphatic carbocycles. The Morgan fingerprint density at radius 2 is 2.11 bits per heavy atom. The summed E-state index contributed by atoms with van der Waals surface area (Å²) >= 11 is 0. The summed E-state index contributed by atoms with van der Waals surface area (Å²) in [6, 6.07) is 6.00. The molecule has 0 bridgehead atoms. The maximum atomic E-state index is 12.3. The number of benzene rings is 1. The van der Waals surface area contributed by atoms with Crippen LogP contribution in [-0.2, 0) is 20.7 Å². The molecule has 0 aromatic heterocycles. The summed E-state index contributed by atoms with van der Waals surface area (Å²) < 4.78 is 15.9. The van der Waals surface area contributed by atoms with Gasteiger partial charge >= 0.3 is 5.97 Å². The number of fused-ring (bicyclic) bond motifs is 1. The highest BCUT2D eigenvalue weighted by molar-refractivity contribution is 5.72. The van der Waals surface area contributed by atoms with Crippen LogP contribution < -0.4 is 4.74 Å². The van der Waals surface area contributed by atoms with Crippen LogP contribution in [0.25, 0.3) is 0 Å². The van der Waals surface area contributed by atoms with Crippen molar-refractivity contribution in [2.45, 2.75) is 52.6 Å². The summed E-state index contributed by atoms with van der Waals surface area (Å²) in [6.45, 7) is 10.0. The lowest BCUT2D eigenvalue weighted by Crippen LogP contribution is -2.37. The van der Waals surface area contributed by atoms with Crippen LogP contribution in [0.4, 0.5) is 0 Å². The molecule has 1 aromatic rings. The van der Waals surface area contributed by atoms with Crippen LogP contribution in [0.3, 0.4) is 0 Å². The van der Waals surface area contributed by atoms with E-state index in [0.29, 0.717) is 19.6 Å². The average molecular weight is 391 g/mol. The number of hydrogen-bond acceptors (Lipinski definition) is 5. The monoisotopic (exact) mass is 390 g/mol. The lowest BCUT2D eigenvalue weighted by Gasteiger charge is -2.36. The van der Waals surface area contributed by atoms with Crippen LogP contribution in [-0.4, -0.2) is 57.2 Å². The quantitative estimate of drug-likeness (QED) is 0.385. The van der Waals surface area contributed by atoms with E-state index in [1.807, 2.05) is 19.3 Å². The SMILES string of the molecule is CCOC(=O)C[C@H]1c2ccc(OC)cc2CCN1C=N[C@H](COC)C(C)(C)C. The molecule has 156 valence electrons. The van der Waals surface area contributed by atoms with Gasteiger partial charge in [-0.05, 0) is 42.0 Å². The minimum absolute atomic E-state index is 0.00971. The van der Waals surface area contributed by atoms with Gasteiger partial charge in [-0.25, -0.2) is 0 Å². The zero-order valence-corrected chi connectivity index (χ0v) is 18.0. The maximum Gasteiger partial charge on any atom is 0.308 e. The first-order valence-corrected chi connectivity index (χ1v) is 9.90. The molecule has 0 amide bonds. The van der Waals surface area contributed by atoms with Crippen molar-refractivity contribution in [2.75, 3.05) is 34.0 Å². The highest BCUT2D eigenvalue weighted by atomic mass is 16.5. The summed E-state index contributed by atoms with van der Waals surface area (Å²) in [5, 5.41) is 0. The number of methoxy groups -OCH3 is 2. The Kier molecular flexibility index (Phi) is 7.87. The highest BCUT2D eigenvalue weighted by Gasteiger charge is 2.30. The number of nitrogens with zero attached hydrogens (tertiary/aromatic N) is 2. The van der Waals surface area contributed by atoms with Gasteiger partial charge in [0.25, 0.3) is 0 Å². The van der Waals surface area contributed by atoms with Crippen molar-refractivity contribution in [3.8, 4) is 5.75 Å². The van der Waals surface area contributed by atoms with E-state index in [-0.39, 0.29) is 23.5 Å². The van der Waals surface area contributed by atoms with E-state index in [0.717, 1.165) is 24.3 Å². The lowest BCUT2D eigenvalue weighted by molar-refractivity contribution is -0.144. The van der Waals surface area contributed by atoms with Gasteiger partial charge in [0.05, 0.1) is 45.2 Å². The molecule has 1 aromatic carbocycles. The fourth-order valence-electron chi connectivity index (χ4n) is 3.42. The third-order valence-corrected chi connectivity index (χ3v) is 5.13. The topological polar surface area (TPSA) is 60.4 Å². The molecule has 0 unspecified atom stereocenters. The first-order chi connectivity index (χ1) is 13.3. The van der Waals surface area contributed by atoms with E-state index < -0.39 is 0 Å². The molecule has 1 aliphatic rings. The summed E-state index contributed by atoms with van der Waals surface area (Å²) in [6.07, 6.45) is 3.07. The van der Waals surface area contributed by atoms with Crippen LogP contribution in [0.2, 0.25) is 0 Å². The van der Waals surface area contributed by atoms with Crippen LogP contribution in [0.1, 0.15) is 51.3 Å². The Morgan fingerprint density at radius 1 is 1.36 bits per heavy atom. The zero-order valence-electron chi connectivity index (χ0n) is 18.0. The zero-order chi connectivity index (χ0) is 20.7. The van der Waals surface area contributed by atoms with Crippen molar-refractivity contribution in [3.63, 3.8) is 0 Å². The summed E-state index contributed by atoms with van der Waals surface area (Å²) in [4.78, 5) is 19.2. The van der Waals surface area contributed by atoms with Crippen molar-refractivity contribution >= 4 is 12.3 Å². The van der Waals surface area contributed by atoms with Crippen LogP contribution in [0.5, 0.6) is 5.75 Å². The molecule has 28 heavy (non-hydrogen) atoms. The predicted molar refractivity (Wildman–Crippen MR) is 111 cm³/mol. The fraction of sp³-hybridized carbons (Fsp3) is 0.636. The summed E-state index contributed by atoms with van der Waals surface area (Å²) in [5.74, 6) is 0.641. The molecule has 1 heterocycles. The maximum absolute atomic E-state index is 12.3. The smallest absolute Gasteiger partial charge is 0.308 e. The number of ether oxygens (including phenoxy) is 3. The van der Waals surface area contributed by atoms with Gasteiger partial charge in [-0.2, -0.15) is 0 Å². The van der Waals surface area contributed by atoms with Crippen molar-refractivity contribution in [1.82, 2.24) is 4.90 Å². The normalized spacial score (nSPS) is 18.1. The molecule has 0 radical (unpaired) electrons. The van der Waals surface area contributed by atoms with Gasteiger partial charge in [0, 0.05) is 13.7 Å². The van der Waals surface area contributed by atoms with Gasteiger partial charge < -0.3 is 19.1 Å². The van der Waals surface area contributed by atoms with Crippen molar-refractivity contribution in [1.29, 1.82) is 0 Å². The standard InChI is InChI=1S/C22H34N2O4/c1-7-28-21(25)13-19-18-9-8-17(27-6)12-16(18)10-11-24(19)15-23-20(14-26-5)22(2,3)4/h8-9,12,15,19-20H,7,10-11,13-14H2,1-6H3/t19-,20+/m0/s1. The predicted octanol–water partition coefficient (Wildman–Crippen LogP) is 3.64. The van der Waals surface area contributed by atoms with E-state index in [2.05, 4.69) is 37.8 Å². The largest absolute Gasteiger partial charge is 0.497 e. The second kappa shape index (κ2) is 9.92. The van der Waals surface area contributed by atoms with Crippen LogP contribution in [0, 0.1) is 5.41 Å². The first kappa shape index (κ1) is 22.2. The second-order valence-electron chi connectivity index (χ2n) is 8.18. The molecular weight excluding hydrogens is 356 g/mol. The minimum Gasteiger partial charge on any atom is -0.497 e. The number of aliphatic imine (C=N–C) groups is 1. The summed E-state index contributed by atoms with van der Waals surface area (Å²) in [7, 11) is 3.37. The second-order valence-corrected chi connectivity index (χ2v) is 8.18. The highest BCUT2D eigenvalue weighted by Crippen LogP contribution is 2.34. The number of carbonyl (C=O) groups excluding carboxylic acids is 1. The minimum atomic E-state index is -0.196. The van der Waals surface area contributed by atoms with E-state index >= 15 is 0 Å². The third-order valence-electron chi connectivity index (χ3n) is 5.13. The van der Waals surface area contributed by atoms with Gasteiger partial charge in [0.2, 0.25) is 0 Å². The van der Waals surface area contributed by atoms with Gasteiger partial charge in [-0.1, -0.05) is 26.8 Å². The van der Waals surface area contributed by atoms with E-state index in [1.165, 1.54) is 5.56 Å². The molecule has 6 nitrogen and oxygen atoms in total. The number of esters is 1. The van der Waals surface area contributed by atoms with Gasteiger partial charge in [-0.15, -0.1) is 0 Å². The van der Waals surface area contributed by atoms with Gasteiger partial charge in [-0.3, -0.25) is 9.79 Å². The Hall–Kier alpha value is -2.08. The number of carbonyl (C=O) groups is 1. The van der Waals surface area contributed by atoms with Crippen molar-refractivity contribution < 1.29 is 19.0 Å². The Balaban J connectivity index is 2.30. The van der Waals surface area contributed by atoms with Gasteiger partial charge in [0.1, 0.15) is 5.75 Å². The number of hydrogen-bond donors (Lipinski definition) is 0. The molecule has 0 saturated carbocycles. The van der Waals surface area contributed by atoms with Crippen LogP contribution in [0.15, 0.2) is 23.2 Å². The van der Waals surface area contributed by atoms with Gasteiger partial charge in [0.15, 0.2) is 0 Å². The first-order valence-electron chi connectivity index (χ1n) is 9.90. The summed E-state index contributed by atoms with van der Waals surface area (Å²) in [5.41, 5.74) is 2.33. The molecule has 6 heteroatoms. The van der Waals surface area contributed by atoms with E-state index in [4.69, 9.17) is 19.2 Å². The molecule has 2 atom stereocenters. The average Bonchev–Trinajstić information content (AvgIpc) is 2.65. The Morgan fingerprint density at radius 3 is 2.71 bits per heavy atom. The number of rotatable bonds is 8. The van der Waals surface area contributed by atoms with E-state index in [1.54, 1.807) is 14.2 Å². The molecular formula is C22H34N2O4. The molecule has 0 spiro atoms. The molecule has 0 N–H and O–H groups in total. The Labute approximate surface area is 168 Å². The third kappa shape index (κ3) is 5.71. The Bertz CT molecular complexity index is 682. The van der Waals surface area contributed by atoms with Crippen molar-refractivity contribution in [2.24, 2.45) is 10.4 Å².